The molecule has 2 amide bonds. The summed E-state index contributed by atoms with van der Waals surface area (Å²) in [5.74, 6) is -0.422. The lowest BCUT2D eigenvalue weighted by atomic mass is 10.1. The van der Waals surface area contributed by atoms with Crippen molar-refractivity contribution < 1.29 is 18.0 Å². The normalized spacial score (nSPS) is 13.1. The molecular weight excluding hydrogens is 521 g/mol. The molecule has 7 nitrogen and oxygen atoms in total. The van der Waals surface area contributed by atoms with E-state index in [-0.39, 0.29) is 43.8 Å². The molecule has 0 heterocycles. The molecule has 198 valence electrons. The highest BCUT2D eigenvalue weighted by Gasteiger charge is 2.29. The highest BCUT2D eigenvalue weighted by molar-refractivity contribution is 7.92. The fourth-order valence-electron chi connectivity index (χ4n) is 3.76. The third kappa shape index (κ3) is 8.98. The van der Waals surface area contributed by atoms with Gasteiger partial charge in [-0.05, 0) is 68.1 Å². The molecule has 0 bridgehead atoms. The third-order valence-electron chi connectivity index (χ3n) is 5.92. The molecule has 0 fully saturated rings. The summed E-state index contributed by atoms with van der Waals surface area (Å²) in [4.78, 5) is 28.0. The summed E-state index contributed by atoms with van der Waals surface area (Å²) in [7, 11) is -3.56. The predicted molar refractivity (Wildman–Crippen MR) is 147 cm³/mol. The van der Waals surface area contributed by atoms with Crippen LogP contribution in [0, 0.1) is 0 Å². The summed E-state index contributed by atoms with van der Waals surface area (Å²) < 4.78 is 26.1. The average molecular weight is 557 g/mol. The number of benzene rings is 2. The molecule has 2 aromatic carbocycles. The van der Waals surface area contributed by atoms with Gasteiger partial charge in [0, 0.05) is 35.6 Å². The van der Waals surface area contributed by atoms with Crippen LogP contribution < -0.4 is 9.62 Å². The van der Waals surface area contributed by atoms with Gasteiger partial charge in [0.05, 0.1) is 11.9 Å². The van der Waals surface area contributed by atoms with Crippen molar-refractivity contribution in [1.82, 2.24) is 10.2 Å². The monoisotopic (exact) mass is 555 g/mol. The van der Waals surface area contributed by atoms with Crippen molar-refractivity contribution in [3.63, 3.8) is 0 Å². The largest absolute Gasteiger partial charge is 0.352 e. The van der Waals surface area contributed by atoms with E-state index in [1.807, 2.05) is 32.9 Å². The highest BCUT2D eigenvalue weighted by atomic mass is 35.5. The summed E-state index contributed by atoms with van der Waals surface area (Å²) in [6.07, 6.45) is 2.72. The summed E-state index contributed by atoms with van der Waals surface area (Å²) >= 11 is 12.0. The molecule has 0 aliphatic carbocycles. The third-order valence-corrected chi connectivity index (χ3v) is 7.62. The number of nitrogens with zero attached hydrogens (tertiary/aromatic N) is 2. The summed E-state index contributed by atoms with van der Waals surface area (Å²) in [5.41, 5.74) is 1.33. The number of sulfonamides is 1. The zero-order valence-corrected chi connectivity index (χ0v) is 23.5. The van der Waals surface area contributed by atoms with E-state index in [0.717, 1.165) is 18.2 Å². The zero-order chi connectivity index (χ0) is 26.9. The van der Waals surface area contributed by atoms with Gasteiger partial charge in [-0.3, -0.25) is 13.9 Å². The van der Waals surface area contributed by atoms with Crippen LogP contribution in [0.3, 0.4) is 0 Å². The van der Waals surface area contributed by atoms with Gasteiger partial charge in [-0.15, -0.1) is 0 Å². The SMILES string of the molecule is CC[C@@H](C)NC(=O)[C@@H](CC)N(Cc1ccc(Cl)cc1)C(=O)CCCN(c1ccc(Cl)cc1)S(C)(=O)=O. The van der Waals surface area contributed by atoms with Crippen LogP contribution in [-0.2, 0) is 26.2 Å². The first-order valence-electron chi connectivity index (χ1n) is 12.0. The van der Waals surface area contributed by atoms with E-state index in [2.05, 4.69) is 5.32 Å². The van der Waals surface area contributed by atoms with Gasteiger partial charge in [-0.2, -0.15) is 0 Å². The quantitative estimate of drug-likeness (QED) is 0.365. The second-order valence-electron chi connectivity index (χ2n) is 8.81. The predicted octanol–water partition coefficient (Wildman–Crippen LogP) is 5.26. The van der Waals surface area contributed by atoms with Crippen LogP contribution in [-0.4, -0.2) is 50.0 Å². The van der Waals surface area contributed by atoms with Crippen molar-refractivity contribution in [2.75, 3.05) is 17.1 Å². The van der Waals surface area contributed by atoms with Crippen LogP contribution in [0.5, 0.6) is 0 Å². The Balaban J connectivity index is 2.21. The standard InChI is InChI=1S/C26H35Cl2N3O4S/c1-5-19(3)29-26(33)24(6-2)30(18-20-9-11-21(27)12-10-20)25(32)8-7-17-31(36(4,34)35)23-15-13-22(28)14-16-23/h9-16,19,24H,5-8,17-18H2,1-4H3,(H,29,33)/t19-,24-/m1/s1. The second-order valence-corrected chi connectivity index (χ2v) is 11.6. The minimum absolute atomic E-state index is 0.0123. The van der Waals surface area contributed by atoms with Crippen molar-refractivity contribution in [1.29, 1.82) is 0 Å². The van der Waals surface area contributed by atoms with Crippen LogP contribution in [0.2, 0.25) is 10.0 Å². The molecule has 0 radical (unpaired) electrons. The van der Waals surface area contributed by atoms with E-state index in [1.54, 1.807) is 41.3 Å². The van der Waals surface area contributed by atoms with Crippen molar-refractivity contribution in [2.45, 2.75) is 65.1 Å². The molecular formula is C26H35Cl2N3O4S. The van der Waals surface area contributed by atoms with Crippen molar-refractivity contribution >= 4 is 50.7 Å². The van der Waals surface area contributed by atoms with Gasteiger partial charge in [0.1, 0.15) is 6.04 Å². The Bertz CT molecular complexity index is 1110. The molecule has 10 heteroatoms. The molecule has 2 rings (SSSR count). The Kier molecular flexibility index (Phi) is 11.5. The van der Waals surface area contributed by atoms with Gasteiger partial charge in [0.15, 0.2) is 0 Å². The number of hydrogen-bond donors (Lipinski definition) is 1. The minimum Gasteiger partial charge on any atom is -0.352 e. The molecule has 0 aliphatic heterocycles. The number of nitrogens with one attached hydrogen (secondary N) is 1. The van der Waals surface area contributed by atoms with Gasteiger partial charge < -0.3 is 10.2 Å². The van der Waals surface area contributed by atoms with Gasteiger partial charge in [-0.1, -0.05) is 49.2 Å². The average Bonchev–Trinajstić information content (AvgIpc) is 2.82. The first-order valence-corrected chi connectivity index (χ1v) is 14.6. The Labute approximate surface area is 224 Å². The summed E-state index contributed by atoms with van der Waals surface area (Å²) in [6, 6.07) is 13.0. The molecule has 2 aromatic rings. The molecule has 0 aromatic heterocycles. The first kappa shape index (κ1) is 29.9. The Morgan fingerprint density at radius 1 is 0.944 bits per heavy atom. The van der Waals surface area contributed by atoms with Crippen LogP contribution in [0.25, 0.3) is 0 Å². The number of carbonyl (C=O) groups excluding carboxylic acids is 2. The second kappa shape index (κ2) is 13.9. The van der Waals surface area contributed by atoms with Crippen molar-refractivity contribution in [3.05, 3.63) is 64.1 Å². The lowest BCUT2D eigenvalue weighted by Gasteiger charge is -2.32. The molecule has 0 saturated carbocycles. The number of amides is 2. The number of hydrogen-bond acceptors (Lipinski definition) is 4. The fraction of sp³-hybridized carbons (Fsp3) is 0.462. The number of anilines is 1. The number of rotatable bonds is 13. The molecule has 0 unspecified atom stereocenters. The van der Waals surface area contributed by atoms with E-state index < -0.39 is 16.1 Å². The highest BCUT2D eigenvalue weighted by Crippen LogP contribution is 2.22. The molecule has 0 aliphatic rings. The van der Waals surface area contributed by atoms with E-state index in [1.165, 1.54) is 4.31 Å². The van der Waals surface area contributed by atoms with Gasteiger partial charge >= 0.3 is 0 Å². The van der Waals surface area contributed by atoms with E-state index >= 15 is 0 Å². The van der Waals surface area contributed by atoms with Crippen LogP contribution in [0.4, 0.5) is 5.69 Å². The number of carbonyl (C=O) groups is 2. The number of halogens is 2. The smallest absolute Gasteiger partial charge is 0.243 e. The van der Waals surface area contributed by atoms with Crippen LogP contribution >= 0.6 is 23.2 Å². The molecule has 2 atom stereocenters. The van der Waals surface area contributed by atoms with Crippen LogP contribution in [0.1, 0.15) is 52.0 Å². The maximum absolute atomic E-state index is 13.4. The zero-order valence-electron chi connectivity index (χ0n) is 21.2. The van der Waals surface area contributed by atoms with Gasteiger partial charge in [0.2, 0.25) is 21.8 Å². The minimum atomic E-state index is -3.56. The maximum Gasteiger partial charge on any atom is 0.243 e. The topological polar surface area (TPSA) is 86.8 Å². The Morgan fingerprint density at radius 2 is 1.50 bits per heavy atom. The Morgan fingerprint density at radius 3 is 2.00 bits per heavy atom. The fourth-order valence-corrected chi connectivity index (χ4v) is 4.98. The summed E-state index contributed by atoms with van der Waals surface area (Å²) in [6.45, 7) is 6.14. The lowest BCUT2D eigenvalue weighted by molar-refractivity contribution is -0.141. The van der Waals surface area contributed by atoms with Crippen molar-refractivity contribution in [2.24, 2.45) is 0 Å². The van der Waals surface area contributed by atoms with E-state index in [9.17, 15) is 18.0 Å². The lowest BCUT2D eigenvalue weighted by Crippen LogP contribution is -2.50. The van der Waals surface area contributed by atoms with E-state index in [0.29, 0.717) is 22.2 Å². The maximum atomic E-state index is 13.4. The summed E-state index contributed by atoms with van der Waals surface area (Å²) in [5, 5.41) is 4.06. The Hall–Kier alpha value is -2.29. The van der Waals surface area contributed by atoms with Gasteiger partial charge in [-0.25, -0.2) is 8.42 Å². The van der Waals surface area contributed by atoms with Crippen molar-refractivity contribution in [3.8, 4) is 0 Å². The van der Waals surface area contributed by atoms with E-state index in [4.69, 9.17) is 23.2 Å². The molecule has 1 N–H and O–H groups in total. The molecule has 0 saturated heterocycles. The first-order chi connectivity index (χ1) is 17.0. The van der Waals surface area contributed by atoms with Gasteiger partial charge in [0.25, 0.3) is 0 Å². The molecule has 36 heavy (non-hydrogen) atoms. The van der Waals surface area contributed by atoms with Crippen LogP contribution in [0.15, 0.2) is 48.5 Å². The molecule has 0 spiro atoms.